The van der Waals surface area contributed by atoms with Crippen LogP contribution in [0.4, 0.5) is 11.4 Å². The topological polar surface area (TPSA) is 93.7 Å². The van der Waals surface area contributed by atoms with Gasteiger partial charge in [-0.05, 0) is 58.0 Å². The highest BCUT2D eigenvalue weighted by atomic mass is 32.2. The minimum absolute atomic E-state index is 0.0516. The van der Waals surface area contributed by atoms with Gasteiger partial charge in [0.05, 0.1) is 23.8 Å². The molecular weight excluding hydrogens is 392 g/mol. The lowest BCUT2D eigenvalue weighted by Gasteiger charge is -2.15. The number of sulfonamides is 1. The van der Waals surface area contributed by atoms with Gasteiger partial charge in [-0.3, -0.25) is 9.52 Å². The second-order valence-electron chi connectivity index (χ2n) is 6.67. The van der Waals surface area contributed by atoms with Crippen molar-refractivity contribution in [3.8, 4) is 11.5 Å². The van der Waals surface area contributed by atoms with E-state index in [9.17, 15) is 13.2 Å². The monoisotopic (exact) mass is 416 g/mol. The van der Waals surface area contributed by atoms with Crippen LogP contribution < -0.4 is 19.5 Å². The Balaban J connectivity index is 2.01. The van der Waals surface area contributed by atoms with Crippen molar-refractivity contribution in [2.45, 2.75) is 32.6 Å². The summed E-state index contributed by atoms with van der Waals surface area (Å²) in [6.07, 6.45) is 0. The maximum atomic E-state index is 13.1. The first kappa shape index (κ1) is 20.7. The number of ether oxygens (including phenoxy) is 2. The quantitative estimate of drug-likeness (QED) is 0.665. The van der Waals surface area contributed by atoms with Crippen molar-refractivity contribution in [2.75, 3.05) is 23.3 Å². The zero-order chi connectivity index (χ0) is 21.2. The van der Waals surface area contributed by atoms with Gasteiger partial charge < -0.3 is 14.8 Å². The molecule has 8 heteroatoms. The Morgan fingerprint density at radius 2 is 1.76 bits per heavy atom. The number of nitrogens with one attached hydrogen (secondary N) is 2. The molecule has 2 aromatic carbocycles. The first-order chi connectivity index (χ1) is 13.8. The molecule has 0 bridgehead atoms. The Kier molecular flexibility index (Phi) is 5.83. The Morgan fingerprint density at radius 3 is 2.41 bits per heavy atom. The van der Waals surface area contributed by atoms with Gasteiger partial charge >= 0.3 is 0 Å². The minimum Gasteiger partial charge on any atom is -0.494 e. The van der Waals surface area contributed by atoms with Crippen LogP contribution in [0.1, 0.15) is 33.3 Å². The molecule has 0 spiro atoms. The number of rotatable bonds is 7. The van der Waals surface area contributed by atoms with E-state index in [1.807, 2.05) is 27.7 Å². The summed E-state index contributed by atoms with van der Waals surface area (Å²) in [5.74, 6) is 0.706. The van der Waals surface area contributed by atoms with E-state index in [1.54, 1.807) is 24.3 Å². The van der Waals surface area contributed by atoms with Gasteiger partial charge in [-0.15, -0.1) is 0 Å². The van der Waals surface area contributed by atoms with Crippen LogP contribution in [0, 0.1) is 0 Å². The lowest BCUT2D eigenvalue weighted by Crippen LogP contribution is -2.14. The molecule has 0 radical (unpaired) electrons. The predicted molar refractivity (Wildman–Crippen MR) is 113 cm³/mol. The fraction of sp³-hybridized carbons (Fsp3) is 0.286. The molecule has 7 nitrogen and oxygen atoms in total. The van der Waals surface area contributed by atoms with E-state index in [-0.39, 0.29) is 16.5 Å². The zero-order valence-corrected chi connectivity index (χ0v) is 17.6. The highest BCUT2D eigenvalue weighted by molar-refractivity contribution is 7.92. The van der Waals surface area contributed by atoms with E-state index in [1.165, 1.54) is 12.1 Å². The summed E-state index contributed by atoms with van der Waals surface area (Å²) >= 11 is 0. The van der Waals surface area contributed by atoms with Gasteiger partial charge in [-0.2, -0.15) is 0 Å². The normalized spacial score (nSPS) is 13.0. The maximum Gasteiger partial charge on any atom is 0.262 e. The summed E-state index contributed by atoms with van der Waals surface area (Å²) < 4.78 is 39.7. The van der Waals surface area contributed by atoms with Crippen LogP contribution in [0.3, 0.4) is 0 Å². The number of fused-ring (bicyclic) bond motifs is 1. The molecule has 1 heterocycles. The third-order valence-corrected chi connectivity index (χ3v) is 5.72. The Morgan fingerprint density at radius 1 is 1.03 bits per heavy atom. The first-order valence-electron chi connectivity index (χ1n) is 9.32. The third-order valence-electron chi connectivity index (χ3n) is 4.35. The van der Waals surface area contributed by atoms with Gasteiger partial charge in [0.2, 0.25) is 0 Å². The molecule has 0 fully saturated rings. The molecule has 154 valence electrons. The molecule has 3 rings (SSSR count). The van der Waals surface area contributed by atoms with Crippen molar-refractivity contribution in [3.63, 3.8) is 0 Å². The number of anilines is 2. The van der Waals surface area contributed by atoms with Crippen molar-refractivity contribution in [1.29, 1.82) is 0 Å². The molecule has 29 heavy (non-hydrogen) atoms. The first-order valence-corrected chi connectivity index (χ1v) is 10.8. The summed E-state index contributed by atoms with van der Waals surface area (Å²) in [6, 6.07) is 9.54. The molecule has 1 aliphatic heterocycles. The summed E-state index contributed by atoms with van der Waals surface area (Å²) in [5.41, 5.74) is 2.76. The van der Waals surface area contributed by atoms with Crippen molar-refractivity contribution >= 4 is 32.9 Å². The molecule has 0 saturated carbocycles. The molecule has 0 atom stereocenters. The third kappa shape index (κ3) is 4.22. The van der Waals surface area contributed by atoms with E-state index >= 15 is 0 Å². The smallest absolute Gasteiger partial charge is 0.262 e. The Bertz CT molecular complexity index is 1090. The molecule has 0 aliphatic carbocycles. The van der Waals surface area contributed by atoms with Gasteiger partial charge in [-0.25, -0.2) is 8.42 Å². The van der Waals surface area contributed by atoms with Crippen molar-refractivity contribution in [3.05, 3.63) is 47.5 Å². The van der Waals surface area contributed by atoms with E-state index in [0.717, 1.165) is 5.57 Å². The molecular formula is C21H24N2O5S. The number of carbonyl (C=O) groups excluding carboxylic acids is 1. The van der Waals surface area contributed by atoms with Crippen molar-refractivity contribution in [2.24, 2.45) is 0 Å². The predicted octanol–water partition coefficient (Wildman–Crippen LogP) is 4.03. The Labute approximate surface area is 170 Å². The fourth-order valence-corrected chi connectivity index (χ4v) is 4.23. The number of hydrogen-bond acceptors (Lipinski definition) is 5. The van der Waals surface area contributed by atoms with Crippen LogP contribution in [-0.2, 0) is 14.8 Å². The van der Waals surface area contributed by atoms with E-state index < -0.39 is 10.0 Å². The van der Waals surface area contributed by atoms with Gasteiger partial charge in [0.15, 0.2) is 0 Å². The van der Waals surface area contributed by atoms with Crippen LogP contribution in [0.5, 0.6) is 11.5 Å². The van der Waals surface area contributed by atoms with E-state index in [2.05, 4.69) is 10.0 Å². The van der Waals surface area contributed by atoms with E-state index in [4.69, 9.17) is 9.47 Å². The molecule has 2 N–H and O–H groups in total. The van der Waals surface area contributed by atoms with Gasteiger partial charge in [0.25, 0.3) is 15.9 Å². The average Bonchev–Trinajstić information content (AvgIpc) is 2.99. The average molecular weight is 416 g/mol. The second kappa shape index (κ2) is 8.16. The van der Waals surface area contributed by atoms with Crippen molar-refractivity contribution < 1.29 is 22.7 Å². The highest BCUT2D eigenvalue weighted by Crippen LogP contribution is 2.36. The van der Waals surface area contributed by atoms with E-state index in [0.29, 0.717) is 41.5 Å². The van der Waals surface area contributed by atoms with Crippen LogP contribution in [0.25, 0.3) is 5.57 Å². The van der Waals surface area contributed by atoms with Crippen LogP contribution in [0.15, 0.2) is 46.9 Å². The second-order valence-corrected chi connectivity index (χ2v) is 8.35. The molecule has 1 aliphatic rings. The lowest BCUT2D eigenvalue weighted by molar-refractivity contribution is -0.110. The molecule has 0 saturated heterocycles. The van der Waals surface area contributed by atoms with Gasteiger partial charge in [-0.1, -0.05) is 5.57 Å². The number of benzene rings is 2. The Hall–Kier alpha value is -3.00. The van der Waals surface area contributed by atoms with Crippen LogP contribution in [-0.4, -0.2) is 27.5 Å². The number of allylic oxidation sites excluding steroid dienone is 1. The van der Waals surface area contributed by atoms with Gasteiger partial charge in [0, 0.05) is 22.9 Å². The van der Waals surface area contributed by atoms with Crippen LogP contribution >= 0.6 is 0 Å². The van der Waals surface area contributed by atoms with Crippen molar-refractivity contribution in [1.82, 2.24) is 0 Å². The standard InChI is InChI=1S/C21H24N2O5S/c1-5-27-14-7-10-19(28-6-2)18(11-14)23-29(25,26)15-8-9-17-16(12-15)20(13(3)4)21(24)22-17/h7-12,23H,5-6H2,1-4H3,(H,22,24). The summed E-state index contributed by atoms with van der Waals surface area (Å²) in [5, 5.41) is 2.76. The summed E-state index contributed by atoms with van der Waals surface area (Å²) in [7, 11) is -3.92. The van der Waals surface area contributed by atoms with Gasteiger partial charge in [0.1, 0.15) is 11.5 Å². The maximum absolute atomic E-state index is 13.1. The highest BCUT2D eigenvalue weighted by Gasteiger charge is 2.27. The largest absolute Gasteiger partial charge is 0.494 e. The molecule has 1 amide bonds. The summed E-state index contributed by atoms with van der Waals surface area (Å²) in [4.78, 5) is 12.2. The number of carbonyl (C=O) groups is 1. The molecule has 2 aromatic rings. The fourth-order valence-electron chi connectivity index (χ4n) is 3.14. The molecule has 0 aromatic heterocycles. The molecule has 0 unspecified atom stereocenters. The SMILES string of the molecule is CCOc1ccc(OCC)c(NS(=O)(=O)c2ccc3c(c2)C(=C(C)C)C(=O)N3)c1. The summed E-state index contributed by atoms with van der Waals surface area (Å²) in [6.45, 7) is 8.14. The van der Waals surface area contributed by atoms with Crippen LogP contribution in [0.2, 0.25) is 0 Å². The number of hydrogen-bond donors (Lipinski definition) is 2. The lowest BCUT2D eigenvalue weighted by atomic mass is 10.0. The minimum atomic E-state index is -3.92. The zero-order valence-electron chi connectivity index (χ0n) is 16.8. The number of amides is 1.